The summed E-state index contributed by atoms with van der Waals surface area (Å²) in [6.45, 7) is 9.69. The minimum atomic E-state index is -0.529. The Morgan fingerprint density at radius 1 is 1.31 bits per heavy atom. The molecule has 0 bridgehead atoms. The number of nitrogens with one attached hydrogen (secondary N) is 1. The molecular formula is C27H31N5O4. The van der Waals surface area contributed by atoms with Crippen molar-refractivity contribution in [1.29, 1.82) is 0 Å². The molecule has 2 N–H and O–H groups in total. The third-order valence-electron chi connectivity index (χ3n) is 6.52. The summed E-state index contributed by atoms with van der Waals surface area (Å²) in [6, 6.07) is 7.80. The molecule has 0 aliphatic carbocycles. The van der Waals surface area contributed by atoms with Gasteiger partial charge in [0.25, 0.3) is 0 Å². The quantitative estimate of drug-likeness (QED) is 0.460. The lowest BCUT2D eigenvalue weighted by molar-refractivity contribution is 0.0512. The first kappa shape index (κ1) is 24.0. The van der Waals surface area contributed by atoms with Crippen LogP contribution < -0.4 is 5.32 Å². The van der Waals surface area contributed by atoms with E-state index in [-0.39, 0.29) is 11.8 Å². The molecule has 9 heteroatoms. The summed E-state index contributed by atoms with van der Waals surface area (Å²) < 4.78 is 11.6. The molecule has 9 nitrogen and oxygen atoms in total. The van der Waals surface area contributed by atoms with E-state index in [2.05, 4.69) is 25.4 Å². The van der Waals surface area contributed by atoms with Gasteiger partial charge in [0, 0.05) is 42.5 Å². The third-order valence-corrected chi connectivity index (χ3v) is 6.52. The second kappa shape index (κ2) is 9.39. The third kappa shape index (κ3) is 4.83. The molecule has 188 valence electrons. The van der Waals surface area contributed by atoms with Crippen molar-refractivity contribution in [3.05, 3.63) is 52.9 Å². The van der Waals surface area contributed by atoms with Crippen LogP contribution in [0.2, 0.25) is 0 Å². The number of azo groups is 1. The van der Waals surface area contributed by atoms with Gasteiger partial charge in [-0.3, -0.25) is 4.90 Å². The smallest absolute Gasteiger partial charge is 0.407 e. The van der Waals surface area contributed by atoms with Crippen molar-refractivity contribution in [2.24, 2.45) is 10.2 Å². The molecule has 0 radical (unpaired) electrons. The van der Waals surface area contributed by atoms with E-state index in [1.807, 2.05) is 52.0 Å². The lowest BCUT2D eigenvalue weighted by atomic mass is 10.0. The fourth-order valence-electron chi connectivity index (χ4n) is 4.73. The van der Waals surface area contributed by atoms with E-state index in [4.69, 9.17) is 9.15 Å². The predicted octanol–water partition coefficient (Wildman–Crippen LogP) is 5.93. The summed E-state index contributed by atoms with van der Waals surface area (Å²) in [6.07, 6.45) is 5.01. The van der Waals surface area contributed by atoms with Gasteiger partial charge in [-0.25, -0.2) is 9.78 Å². The summed E-state index contributed by atoms with van der Waals surface area (Å²) in [7, 11) is 0. The van der Waals surface area contributed by atoms with Gasteiger partial charge in [-0.1, -0.05) is 6.07 Å². The lowest BCUT2D eigenvalue weighted by Gasteiger charge is -2.26. The van der Waals surface area contributed by atoms with Crippen LogP contribution in [0.4, 0.5) is 10.6 Å². The highest BCUT2D eigenvalue weighted by atomic mass is 16.6. The van der Waals surface area contributed by atoms with Gasteiger partial charge >= 0.3 is 6.09 Å². The molecule has 1 aromatic carbocycles. The van der Waals surface area contributed by atoms with Crippen LogP contribution in [0.25, 0.3) is 22.7 Å². The molecule has 2 aliphatic heterocycles. The Balaban J connectivity index is 1.38. The monoisotopic (exact) mass is 489 g/mol. The molecule has 3 aromatic rings. The van der Waals surface area contributed by atoms with Gasteiger partial charge in [-0.15, -0.1) is 10.2 Å². The number of aromatic hydroxyl groups is 1. The number of benzene rings is 1. The highest BCUT2D eigenvalue weighted by Gasteiger charge is 2.28. The number of furan rings is 1. The van der Waals surface area contributed by atoms with Gasteiger partial charge < -0.3 is 19.6 Å². The standard InChI is InChI=1S/C27H31N5O4/c1-16-9-10-19-23(33)22(13-21-18-8-5-11-28-25(18)31-30-21)35-24(19)20(16)15-32-12-6-7-17(32)14-29-26(34)36-27(2,3)4/h5,8-11,13,17,33H,6-7,12,14-15H2,1-4H3,(H,29,34). The molecule has 1 atom stereocenters. The highest BCUT2D eigenvalue weighted by Crippen LogP contribution is 2.40. The van der Waals surface area contributed by atoms with Crippen LogP contribution in [-0.2, 0) is 11.3 Å². The van der Waals surface area contributed by atoms with Gasteiger partial charge in [0.05, 0.1) is 5.39 Å². The van der Waals surface area contributed by atoms with Gasteiger partial charge in [-0.2, -0.15) is 0 Å². The Morgan fingerprint density at radius 2 is 2.14 bits per heavy atom. The number of alkyl carbamates (subject to hydrolysis) is 1. The van der Waals surface area contributed by atoms with Crippen LogP contribution >= 0.6 is 0 Å². The Kier molecular flexibility index (Phi) is 6.26. The summed E-state index contributed by atoms with van der Waals surface area (Å²) in [4.78, 5) is 18.7. The van der Waals surface area contributed by atoms with Crippen molar-refractivity contribution in [2.45, 2.75) is 58.7 Å². The van der Waals surface area contributed by atoms with E-state index in [9.17, 15) is 9.90 Å². The van der Waals surface area contributed by atoms with Crippen LogP contribution in [0.5, 0.6) is 5.75 Å². The minimum Gasteiger partial charge on any atom is -0.504 e. The van der Waals surface area contributed by atoms with E-state index < -0.39 is 11.7 Å². The Labute approximate surface area is 209 Å². The molecular weight excluding hydrogens is 458 g/mol. The van der Waals surface area contributed by atoms with E-state index in [1.165, 1.54) is 0 Å². The number of aryl methyl sites for hydroxylation is 1. The van der Waals surface area contributed by atoms with Crippen molar-refractivity contribution in [2.75, 3.05) is 13.1 Å². The van der Waals surface area contributed by atoms with Crippen LogP contribution in [0, 0.1) is 6.92 Å². The number of pyridine rings is 1. The van der Waals surface area contributed by atoms with Crippen LogP contribution in [0.3, 0.4) is 0 Å². The number of nitrogens with zero attached hydrogens (tertiary/aromatic N) is 4. The first-order valence-corrected chi connectivity index (χ1v) is 12.2. The fourth-order valence-corrected chi connectivity index (χ4v) is 4.73. The molecule has 36 heavy (non-hydrogen) atoms. The van der Waals surface area contributed by atoms with Gasteiger partial charge in [0.2, 0.25) is 0 Å². The summed E-state index contributed by atoms with van der Waals surface area (Å²) in [5, 5.41) is 22.8. The largest absolute Gasteiger partial charge is 0.504 e. The van der Waals surface area contributed by atoms with Crippen LogP contribution in [-0.4, -0.2) is 45.8 Å². The maximum absolute atomic E-state index is 12.2. The van der Waals surface area contributed by atoms with E-state index in [1.54, 1.807) is 12.3 Å². The van der Waals surface area contributed by atoms with Crippen molar-refractivity contribution >= 4 is 34.7 Å². The maximum Gasteiger partial charge on any atom is 0.407 e. The normalized spacial score (nSPS) is 18.8. The van der Waals surface area contributed by atoms with E-state index in [0.717, 1.165) is 36.1 Å². The fraction of sp³-hybridized carbons (Fsp3) is 0.407. The number of amides is 1. The van der Waals surface area contributed by atoms with E-state index in [0.29, 0.717) is 41.3 Å². The average molecular weight is 490 g/mol. The Bertz CT molecular complexity index is 1370. The zero-order chi connectivity index (χ0) is 25.4. The first-order chi connectivity index (χ1) is 17.2. The summed E-state index contributed by atoms with van der Waals surface area (Å²) >= 11 is 0. The van der Waals surface area contributed by atoms with E-state index >= 15 is 0 Å². The molecule has 1 unspecified atom stereocenters. The molecule has 4 heterocycles. The second-order valence-corrected chi connectivity index (χ2v) is 10.3. The average Bonchev–Trinajstić information content (AvgIpc) is 3.52. The van der Waals surface area contributed by atoms with Crippen LogP contribution in [0.1, 0.15) is 56.1 Å². The molecule has 1 amide bonds. The first-order valence-electron chi connectivity index (χ1n) is 12.2. The van der Waals surface area contributed by atoms with Crippen LogP contribution in [0.15, 0.2) is 45.1 Å². The van der Waals surface area contributed by atoms with Crippen molar-refractivity contribution in [3.63, 3.8) is 0 Å². The number of hydrogen-bond acceptors (Lipinski definition) is 8. The topological polar surface area (TPSA) is 113 Å². The van der Waals surface area contributed by atoms with Crippen molar-refractivity contribution < 1.29 is 19.1 Å². The number of fused-ring (bicyclic) bond motifs is 2. The maximum atomic E-state index is 12.2. The Hall–Kier alpha value is -3.72. The summed E-state index contributed by atoms with van der Waals surface area (Å²) in [5.74, 6) is 0.971. The molecule has 0 saturated carbocycles. The molecule has 5 rings (SSSR count). The number of carbonyl (C=O) groups is 1. The van der Waals surface area contributed by atoms with Gasteiger partial charge in [-0.05, 0) is 70.8 Å². The molecule has 2 aliphatic rings. The predicted molar refractivity (Wildman–Crippen MR) is 137 cm³/mol. The molecule has 1 saturated heterocycles. The number of aromatic nitrogens is 1. The SMILES string of the molecule is Cc1ccc2c(O)c(C=C3N=Nc4ncccc43)oc2c1CN1CCCC1CNC(=O)OC(C)(C)C. The molecule has 0 spiro atoms. The van der Waals surface area contributed by atoms with Crippen molar-refractivity contribution in [3.8, 4) is 5.75 Å². The number of likely N-dealkylation sites (tertiary alicyclic amines) is 1. The molecule has 2 aromatic heterocycles. The minimum absolute atomic E-state index is 0.0795. The second-order valence-electron chi connectivity index (χ2n) is 10.3. The number of ether oxygens (including phenoxy) is 1. The number of rotatable bonds is 5. The zero-order valence-electron chi connectivity index (χ0n) is 21.0. The highest BCUT2D eigenvalue weighted by molar-refractivity contribution is 5.94. The Morgan fingerprint density at radius 3 is 2.94 bits per heavy atom. The van der Waals surface area contributed by atoms with Gasteiger partial charge in [0.1, 0.15) is 16.9 Å². The molecule has 1 fully saturated rings. The van der Waals surface area contributed by atoms with Crippen molar-refractivity contribution in [1.82, 2.24) is 15.2 Å². The zero-order valence-corrected chi connectivity index (χ0v) is 21.0. The number of hydrogen-bond donors (Lipinski definition) is 2. The number of carbonyl (C=O) groups excluding carboxylic acids is 1. The summed E-state index contributed by atoms with van der Waals surface area (Å²) in [5.41, 5.74) is 3.62. The van der Waals surface area contributed by atoms with Gasteiger partial charge in [0.15, 0.2) is 17.3 Å². The lowest BCUT2D eigenvalue weighted by Crippen LogP contribution is -2.41.